The van der Waals surface area contributed by atoms with Gasteiger partial charge in [-0.3, -0.25) is 0 Å². The van der Waals surface area contributed by atoms with Gasteiger partial charge in [0.05, 0.1) is 30.6 Å². The van der Waals surface area contributed by atoms with Gasteiger partial charge in [-0.25, -0.2) is 4.39 Å². The second-order valence-corrected chi connectivity index (χ2v) is 5.71. The molecular weight excluding hydrogens is 301 g/mol. The second-order valence-electron chi connectivity index (χ2n) is 5.71. The predicted octanol–water partition coefficient (Wildman–Crippen LogP) is 2.19. The smallest absolute Gasteiger partial charge is 0.154 e. The molecule has 23 heavy (non-hydrogen) atoms. The first-order valence-electron chi connectivity index (χ1n) is 7.44. The maximum Gasteiger partial charge on any atom is 0.154 e. The summed E-state index contributed by atoms with van der Waals surface area (Å²) in [6.45, 7) is 0.351. The molecule has 0 aromatic heterocycles. The fraction of sp³-hybridized carbons (Fsp3) is 0.294. The Kier molecular flexibility index (Phi) is 3.45. The zero-order chi connectivity index (χ0) is 16.0. The minimum Gasteiger partial charge on any atom is -0.453 e. The first-order chi connectivity index (χ1) is 11.1. The van der Waals surface area contributed by atoms with Crippen LogP contribution in [0.15, 0.2) is 42.5 Å². The molecular formula is C17H16FNO4. The van der Waals surface area contributed by atoms with Crippen molar-refractivity contribution in [1.82, 2.24) is 0 Å². The zero-order valence-corrected chi connectivity index (χ0v) is 12.2. The van der Waals surface area contributed by atoms with Crippen molar-refractivity contribution in [3.05, 3.63) is 48.3 Å². The van der Waals surface area contributed by atoms with Crippen molar-refractivity contribution in [1.29, 1.82) is 0 Å². The van der Waals surface area contributed by atoms with Crippen LogP contribution >= 0.6 is 0 Å². The molecule has 2 aromatic carbocycles. The summed E-state index contributed by atoms with van der Waals surface area (Å²) in [5, 5.41) is 20.3. The highest BCUT2D eigenvalue weighted by Gasteiger charge is 2.39. The van der Waals surface area contributed by atoms with E-state index in [1.165, 1.54) is 12.1 Å². The van der Waals surface area contributed by atoms with Crippen LogP contribution in [0.1, 0.15) is 0 Å². The van der Waals surface area contributed by atoms with Crippen molar-refractivity contribution in [3.8, 4) is 11.5 Å². The van der Waals surface area contributed by atoms with Gasteiger partial charge in [-0.2, -0.15) is 0 Å². The lowest BCUT2D eigenvalue weighted by molar-refractivity contribution is -0.0964. The summed E-state index contributed by atoms with van der Waals surface area (Å²) in [7, 11) is 0. The molecule has 0 amide bonds. The number of nitrogens with zero attached hydrogens (tertiary/aromatic N) is 1. The van der Waals surface area contributed by atoms with E-state index in [1.807, 2.05) is 23.1 Å². The Morgan fingerprint density at radius 2 is 1.78 bits per heavy atom. The van der Waals surface area contributed by atoms with Crippen LogP contribution < -0.4 is 9.64 Å². The maximum atomic E-state index is 13.6. The van der Waals surface area contributed by atoms with Crippen molar-refractivity contribution < 1.29 is 24.1 Å². The minimum atomic E-state index is -0.979. The summed E-state index contributed by atoms with van der Waals surface area (Å²) in [5.74, 6) is 0.539. The van der Waals surface area contributed by atoms with Crippen molar-refractivity contribution in [2.24, 2.45) is 0 Å². The third-order valence-corrected chi connectivity index (χ3v) is 4.22. The number of aliphatic hydroxyl groups is 2. The SMILES string of the molecule is O[C@H]1[C@@H](O)COC[C@@H]1N1c2ccccc2Oc2cc(F)ccc21. The lowest BCUT2D eigenvalue weighted by Gasteiger charge is -2.43. The number of fused-ring (bicyclic) bond motifs is 2. The number of hydrogen-bond acceptors (Lipinski definition) is 5. The van der Waals surface area contributed by atoms with Gasteiger partial charge in [-0.05, 0) is 24.3 Å². The molecule has 1 saturated heterocycles. The summed E-state index contributed by atoms with van der Waals surface area (Å²) in [5.41, 5.74) is 1.38. The Balaban J connectivity index is 1.85. The van der Waals surface area contributed by atoms with Crippen LogP contribution in [0.25, 0.3) is 0 Å². The Morgan fingerprint density at radius 1 is 1.00 bits per heavy atom. The second kappa shape index (κ2) is 5.49. The lowest BCUT2D eigenvalue weighted by atomic mass is 9.99. The Labute approximate surface area is 132 Å². The first-order valence-corrected chi connectivity index (χ1v) is 7.44. The van der Waals surface area contributed by atoms with Gasteiger partial charge in [0.25, 0.3) is 0 Å². The third kappa shape index (κ3) is 2.35. The van der Waals surface area contributed by atoms with Crippen LogP contribution in [0.3, 0.4) is 0 Å². The molecule has 0 spiro atoms. The Morgan fingerprint density at radius 3 is 2.65 bits per heavy atom. The zero-order valence-electron chi connectivity index (χ0n) is 12.2. The molecule has 1 fully saturated rings. The topological polar surface area (TPSA) is 62.2 Å². The number of halogens is 1. The van der Waals surface area contributed by atoms with Crippen molar-refractivity contribution in [2.45, 2.75) is 18.2 Å². The van der Waals surface area contributed by atoms with Gasteiger partial charge in [0.15, 0.2) is 11.5 Å². The monoisotopic (exact) mass is 317 g/mol. The van der Waals surface area contributed by atoms with E-state index < -0.39 is 24.1 Å². The summed E-state index contributed by atoms with van der Waals surface area (Å²) >= 11 is 0. The molecule has 0 bridgehead atoms. The van der Waals surface area contributed by atoms with Crippen LogP contribution in [-0.2, 0) is 4.74 Å². The number of ether oxygens (including phenoxy) is 2. The summed E-state index contributed by atoms with van der Waals surface area (Å²) < 4.78 is 24.7. The molecule has 3 atom stereocenters. The minimum absolute atomic E-state index is 0.0972. The van der Waals surface area contributed by atoms with Gasteiger partial charge >= 0.3 is 0 Å². The van der Waals surface area contributed by atoms with Crippen molar-refractivity contribution >= 4 is 11.4 Å². The van der Waals surface area contributed by atoms with E-state index in [4.69, 9.17) is 9.47 Å². The number of hydrogen-bond donors (Lipinski definition) is 2. The van der Waals surface area contributed by atoms with E-state index in [0.717, 1.165) is 5.69 Å². The molecule has 4 rings (SSSR count). The summed E-state index contributed by atoms with van der Waals surface area (Å²) in [6, 6.07) is 11.1. The number of aliphatic hydroxyl groups excluding tert-OH is 2. The van der Waals surface area contributed by atoms with E-state index in [2.05, 4.69) is 0 Å². The summed E-state index contributed by atoms with van der Waals surface area (Å²) in [6.07, 6.45) is -1.94. The molecule has 2 N–H and O–H groups in total. The normalized spacial score (nSPS) is 26.2. The average molecular weight is 317 g/mol. The van der Waals surface area contributed by atoms with Gasteiger partial charge in [-0.15, -0.1) is 0 Å². The first kappa shape index (κ1) is 14.4. The highest BCUT2D eigenvalue weighted by atomic mass is 19.1. The molecule has 2 aromatic rings. The molecule has 120 valence electrons. The van der Waals surface area contributed by atoms with Crippen LogP contribution in [0, 0.1) is 5.82 Å². The van der Waals surface area contributed by atoms with E-state index >= 15 is 0 Å². The molecule has 0 radical (unpaired) electrons. The number of para-hydroxylation sites is 2. The van der Waals surface area contributed by atoms with Crippen LogP contribution in [0.2, 0.25) is 0 Å². The molecule has 0 aliphatic carbocycles. The highest BCUT2D eigenvalue weighted by Crippen LogP contribution is 2.48. The molecule has 2 aliphatic rings. The van der Waals surface area contributed by atoms with Crippen molar-refractivity contribution in [3.63, 3.8) is 0 Å². The van der Waals surface area contributed by atoms with E-state index in [0.29, 0.717) is 17.2 Å². The quantitative estimate of drug-likeness (QED) is 0.844. The average Bonchev–Trinajstić information content (AvgIpc) is 2.55. The van der Waals surface area contributed by atoms with Gasteiger partial charge < -0.3 is 24.6 Å². The van der Waals surface area contributed by atoms with Crippen molar-refractivity contribution in [2.75, 3.05) is 18.1 Å². The van der Waals surface area contributed by atoms with Gasteiger partial charge in [0, 0.05) is 6.07 Å². The Hall–Kier alpha value is -2.15. The van der Waals surface area contributed by atoms with E-state index in [-0.39, 0.29) is 13.2 Å². The van der Waals surface area contributed by atoms with E-state index in [9.17, 15) is 14.6 Å². The molecule has 2 heterocycles. The number of anilines is 2. The van der Waals surface area contributed by atoms with Crippen LogP contribution in [-0.4, -0.2) is 41.7 Å². The third-order valence-electron chi connectivity index (χ3n) is 4.22. The lowest BCUT2D eigenvalue weighted by Crippen LogP contribution is -2.55. The van der Waals surface area contributed by atoms with Crippen LogP contribution in [0.5, 0.6) is 11.5 Å². The largest absolute Gasteiger partial charge is 0.453 e. The molecule has 0 saturated carbocycles. The number of rotatable bonds is 1. The Bertz CT molecular complexity index is 738. The summed E-state index contributed by atoms with van der Waals surface area (Å²) in [4.78, 5) is 1.85. The number of benzene rings is 2. The fourth-order valence-corrected chi connectivity index (χ4v) is 3.11. The van der Waals surface area contributed by atoms with Gasteiger partial charge in [-0.1, -0.05) is 12.1 Å². The molecule has 5 nitrogen and oxygen atoms in total. The van der Waals surface area contributed by atoms with Crippen LogP contribution in [0.4, 0.5) is 15.8 Å². The maximum absolute atomic E-state index is 13.6. The molecule has 6 heteroatoms. The molecule has 0 unspecified atom stereocenters. The standard InChI is InChI=1S/C17H16FNO4/c18-10-5-6-12-16(7-10)23-15-4-2-1-3-11(15)19(12)13-8-22-9-14(20)17(13)21/h1-7,13-14,17,20-21H,8-9H2/t13-,14-,17+/m0/s1. The molecule has 2 aliphatic heterocycles. The predicted molar refractivity (Wildman–Crippen MR) is 81.7 cm³/mol. The van der Waals surface area contributed by atoms with Gasteiger partial charge in [0.1, 0.15) is 18.0 Å². The van der Waals surface area contributed by atoms with E-state index in [1.54, 1.807) is 12.1 Å². The van der Waals surface area contributed by atoms with Gasteiger partial charge in [0.2, 0.25) is 0 Å². The fourth-order valence-electron chi connectivity index (χ4n) is 3.11. The highest BCUT2D eigenvalue weighted by molar-refractivity contribution is 5.78.